The van der Waals surface area contributed by atoms with Gasteiger partial charge in [0.2, 0.25) is 0 Å². The molecule has 3 aromatic heterocycles. The number of aliphatic carboxylic acids is 1. The Bertz CT molecular complexity index is 884. The molecule has 0 bridgehead atoms. The van der Waals surface area contributed by atoms with Crippen molar-refractivity contribution in [2.75, 3.05) is 13.1 Å². The lowest BCUT2D eigenvalue weighted by Gasteiger charge is -2.16. The van der Waals surface area contributed by atoms with Crippen molar-refractivity contribution < 1.29 is 14.7 Å². The summed E-state index contributed by atoms with van der Waals surface area (Å²) in [6, 6.07) is 1.72. The number of carboxylic acid groups (broad SMARTS) is 1. The highest BCUT2D eigenvalue weighted by Crippen LogP contribution is 2.28. The van der Waals surface area contributed by atoms with E-state index in [9.17, 15) is 9.59 Å². The Morgan fingerprint density at radius 1 is 1.52 bits per heavy atom. The van der Waals surface area contributed by atoms with Crippen LogP contribution < -0.4 is 0 Å². The van der Waals surface area contributed by atoms with Crippen molar-refractivity contribution in [1.82, 2.24) is 14.3 Å². The van der Waals surface area contributed by atoms with Gasteiger partial charge >= 0.3 is 5.97 Å². The number of aromatic nitrogens is 2. The predicted octanol–water partition coefficient (Wildman–Crippen LogP) is 1.77. The van der Waals surface area contributed by atoms with Crippen LogP contribution in [0.2, 0.25) is 0 Å². The number of carbonyl (C=O) groups is 2. The molecule has 0 unspecified atom stereocenters. The predicted molar refractivity (Wildman–Crippen MR) is 80.8 cm³/mol. The van der Waals surface area contributed by atoms with Gasteiger partial charge in [0.15, 0.2) is 4.96 Å². The molecule has 1 amide bonds. The highest BCUT2D eigenvalue weighted by atomic mass is 32.1. The summed E-state index contributed by atoms with van der Waals surface area (Å²) >= 11 is 2.75. The number of rotatable bonds is 4. The van der Waals surface area contributed by atoms with Crippen LogP contribution in [-0.4, -0.2) is 44.4 Å². The zero-order chi connectivity index (χ0) is 15.0. The topological polar surface area (TPSA) is 74.9 Å². The van der Waals surface area contributed by atoms with Crippen molar-refractivity contribution in [3.63, 3.8) is 0 Å². The number of imidazole rings is 1. The van der Waals surface area contributed by atoms with E-state index in [1.807, 2.05) is 16.0 Å². The van der Waals surface area contributed by atoms with Gasteiger partial charge in [0.25, 0.3) is 5.91 Å². The summed E-state index contributed by atoms with van der Waals surface area (Å²) in [5, 5.41) is 10.8. The molecule has 0 saturated heterocycles. The first-order valence-electron chi connectivity index (χ1n) is 5.90. The van der Waals surface area contributed by atoms with Crippen LogP contribution in [0, 0.1) is 12.3 Å². The number of carboxylic acids is 1. The Morgan fingerprint density at radius 2 is 2.33 bits per heavy atom. The Balaban J connectivity index is 1.97. The third-order valence-corrected chi connectivity index (χ3v) is 4.61. The number of nitrogens with zero attached hydrogens (tertiary/aromatic N) is 3. The van der Waals surface area contributed by atoms with Crippen molar-refractivity contribution in [3.8, 4) is 12.3 Å². The second-order valence-electron chi connectivity index (χ2n) is 4.23. The first-order valence-corrected chi connectivity index (χ1v) is 7.59. The molecule has 0 spiro atoms. The maximum atomic E-state index is 12.4. The van der Waals surface area contributed by atoms with E-state index in [1.165, 1.54) is 22.7 Å². The van der Waals surface area contributed by atoms with Crippen LogP contribution in [-0.2, 0) is 4.79 Å². The third kappa shape index (κ3) is 2.37. The summed E-state index contributed by atoms with van der Waals surface area (Å²) in [7, 11) is 0. The van der Waals surface area contributed by atoms with E-state index < -0.39 is 12.5 Å². The first kappa shape index (κ1) is 13.6. The second kappa shape index (κ2) is 5.20. The summed E-state index contributed by atoms with van der Waals surface area (Å²) in [6.07, 6.45) is 7.07. The standard InChI is InChI=1S/C13H9N3O3S2/c1-2-3-15(7-10(17)18)12(19)9-6-8-11(21-9)14-13-16(8)4-5-20-13/h1,4-6H,3,7H2,(H,17,18). The van der Waals surface area contributed by atoms with E-state index in [4.69, 9.17) is 11.5 Å². The molecule has 1 N–H and O–H groups in total. The number of fused-ring (bicyclic) bond motifs is 3. The summed E-state index contributed by atoms with van der Waals surface area (Å²) in [6.45, 7) is -0.457. The van der Waals surface area contributed by atoms with Crippen molar-refractivity contribution >= 4 is 49.9 Å². The van der Waals surface area contributed by atoms with Crippen LogP contribution in [0.1, 0.15) is 9.67 Å². The average Bonchev–Trinajstić information content (AvgIpc) is 3.07. The molecule has 0 fully saturated rings. The molecule has 3 aromatic rings. The van der Waals surface area contributed by atoms with Crippen LogP contribution in [0.4, 0.5) is 0 Å². The van der Waals surface area contributed by atoms with Gasteiger partial charge in [-0.2, -0.15) is 0 Å². The van der Waals surface area contributed by atoms with Gasteiger partial charge < -0.3 is 10.0 Å². The monoisotopic (exact) mass is 319 g/mol. The molecule has 0 aliphatic carbocycles. The fourth-order valence-electron chi connectivity index (χ4n) is 1.98. The normalized spacial score (nSPS) is 10.8. The first-order chi connectivity index (χ1) is 10.1. The minimum absolute atomic E-state index is 0.0400. The van der Waals surface area contributed by atoms with Gasteiger partial charge in [-0.25, -0.2) is 4.98 Å². The van der Waals surface area contributed by atoms with Crippen LogP contribution >= 0.6 is 22.7 Å². The summed E-state index contributed by atoms with van der Waals surface area (Å²) in [5.41, 5.74) is 0.843. The van der Waals surface area contributed by atoms with E-state index in [0.29, 0.717) is 4.88 Å². The lowest BCUT2D eigenvalue weighted by Crippen LogP contribution is -2.35. The SMILES string of the molecule is C#CCN(CC(=O)O)C(=O)c1cc2c(nc3sccn32)s1. The molecular formula is C13H9N3O3S2. The van der Waals surface area contributed by atoms with E-state index in [0.717, 1.165) is 20.2 Å². The zero-order valence-electron chi connectivity index (χ0n) is 10.6. The number of terminal acetylenes is 1. The molecule has 0 saturated carbocycles. The van der Waals surface area contributed by atoms with E-state index in [2.05, 4.69) is 10.9 Å². The number of hydrogen-bond acceptors (Lipinski definition) is 5. The lowest BCUT2D eigenvalue weighted by atomic mass is 10.3. The third-order valence-electron chi connectivity index (χ3n) is 2.85. The van der Waals surface area contributed by atoms with Crippen LogP contribution in [0.15, 0.2) is 17.6 Å². The number of carbonyl (C=O) groups excluding carboxylic acids is 1. The molecule has 8 heteroatoms. The minimum atomic E-state index is -1.10. The van der Waals surface area contributed by atoms with Crippen LogP contribution in [0.3, 0.4) is 0 Å². The smallest absolute Gasteiger partial charge is 0.323 e. The van der Waals surface area contributed by atoms with E-state index in [-0.39, 0.29) is 12.5 Å². The molecule has 3 heterocycles. The number of thiazole rings is 1. The highest BCUT2D eigenvalue weighted by molar-refractivity contribution is 7.21. The lowest BCUT2D eigenvalue weighted by molar-refractivity contribution is -0.137. The van der Waals surface area contributed by atoms with Gasteiger partial charge in [0, 0.05) is 11.6 Å². The Labute approximate surface area is 127 Å². The molecule has 106 valence electrons. The fourth-order valence-corrected chi connectivity index (χ4v) is 3.75. The van der Waals surface area contributed by atoms with Gasteiger partial charge in [0.05, 0.1) is 16.9 Å². The molecule has 0 aliphatic rings. The van der Waals surface area contributed by atoms with Crippen molar-refractivity contribution in [3.05, 3.63) is 22.5 Å². The maximum Gasteiger partial charge on any atom is 0.323 e. The molecule has 21 heavy (non-hydrogen) atoms. The number of thiophene rings is 1. The quantitative estimate of drug-likeness (QED) is 0.744. The van der Waals surface area contributed by atoms with E-state index in [1.54, 1.807) is 6.07 Å². The Hall–Kier alpha value is -2.37. The van der Waals surface area contributed by atoms with Gasteiger partial charge in [-0.1, -0.05) is 5.92 Å². The zero-order valence-corrected chi connectivity index (χ0v) is 12.3. The molecule has 6 nitrogen and oxygen atoms in total. The largest absolute Gasteiger partial charge is 0.480 e. The molecule has 0 radical (unpaired) electrons. The second-order valence-corrected chi connectivity index (χ2v) is 6.13. The number of hydrogen-bond donors (Lipinski definition) is 1. The summed E-state index contributed by atoms with van der Waals surface area (Å²) in [4.78, 5) is 30.8. The van der Waals surface area contributed by atoms with Gasteiger partial charge in [-0.15, -0.1) is 29.1 Å². The van der Waals surface area contributed by atoms with Crippen molar-refractivity contribution in [2.24, 2.45) is 0 Å². The molecule has 0 aromatic carbocycles. The van der Waals surface area contributed by atoms with Gasteiger partial charge in [0.1, 0.15) is 11.4 Å². The van der Waals surface area contributed by atoms with Crippen molar-refractivity contribution in [2.45, 2.75) is 0 Å². The Kier molecular flexibility index (Phi) is 3.37. The minimum Gasteiger partial charge on any atom is -0.480 e. The average molecular weight is 319 g/mol. The maximum absolute atomic E-state index is 12.4. The van der Waals surface area contributed by atoms with E-state index >= 15 is 0 Å². The molecular weight excluding hydrogens is 310 g/mol. The van der Waals surface area contributed by atoms with Gasteiger partial charge in [-0.05, 0) is 6.07 Å². The van der Waals surface area contributed by atoms with Crippen LogP contribution in [0.25, 0.3) is 15.3 Å². The van der Waals surface area contributed by atoms with Crippen molar-refractivity contribution in [1.29, 1.82) is 0 Å². The van der Waals surface area contributed by atoms with Gasteiger partial charge in [-0.3, -0.25) is 14.0 Å². The summed E-state index contributed by atoms with van der Waals surface area (Å²) in [5.74, 6) is 0.822. The molecule has 3 rings (SSSR count). The van der Waals surface area contributed by atoms with Crippen LogP contribution in [0.5, 0.6) is 0 Å². The molecule has 0 atom stereocenters. The fraction of sp³-hybridized carbons (Fsp3) is 0.154. The number of amides is 1. The Morgan fingerprint density at radius 3 is 3.05 bits per heavy atom. The summed E-state index contributed by atoms with van der Waals surface area (Å²) < 4.78 is 1.90. The molecule has 0 aliphatic heterocycles. The highest BCUT2D eigenvalue weighted by Gasteiger charge is 2.21.